The van der Waals surface area contributed by atoms with Crippen molar-refractivity contribution in [3.05, 3.63) is 30.6 Å². The maximum Gasteiger partial charge on any atom is 0.259 e. The zero-order valence-electron chi connectivity index (χ0n) is 7.19. The van der Waals surface area contributed by atoms with Crippen molar-refractivity contribution in [2.45, 2.75) is 0 Å². The molecule has 4 heteroatoms. The first-order chi connectivity index (χ1) is 6.42. The monoisotopic (exact) mass is 175 g/mol. The van der Waals surface area contributed by atoms with Crippen molar-refractivity contribution in [3.63, 3.8) is 0 Å². The maximum absolute atomic E-state index is 4.96. The van der Waals surface area contributed by atoms with Crippen molar-refractivity contribution in [2.24, 2.45) is 0 Å². The second kappa shape index (κ2) is 3.26. The molecule has 2 aromatic rings. The van der Waals surface area contributed by atoms with E-state index in [9.17, 15) is 0 Å². The largest absolute Gasteiger partial charge is 0.387 e. The quantitative estimate of drug-likeness (QED) is 0.755. The SMILES string of the molecule is CNc1ccccc1-c1ncno1. The van der Waals surface area contributed by atoms with E-state index in [1.54, 1.807) is 0 Å². The highest BCUT2D eigenvalue weighted by atomic mass is 16.5. The minimum atomic E-state index is 0.532. The molecule has 1 aromatic heterocycles. The second-order valence-corrected chi connectivity index (χ2v) is 2.54. The van der Waals surface area contributed by atoms with Gasteiger partial charge in [-0.15, -0.1) is 0 Å². The summed E-state index contributed by atoms with van der Waals surface area (Å²) in [7, 11) is 1.86. The molecule has 1 heterocycles. The van der Waals surface area contributed by atoms with Gasteiger partial charge in [0.1, 0.15) is 0 Å². The van der Waals surface area contributed by atoms with Gasteiger partial charge in [0.15, 0.2) is 6.33 Å². The van der Waals surface area contributed by atoms with Gasteiger partial charge in [-0.25, -0.2) is 0 Å². The number of hydrogen-bond donors (Lipinski definition) is 1. The third-order valence-corrected chi connectivity index (χ3v) is 1.79. The van der Waals surface area contributed by atoms with E-state index < -0.39 is 0 Å². The predicted molar refractivity (Wildman–Crippen MR) is 49.3 cm³/mol. The fraction of sp³-hybridized carbons (Fsp3) is 0.111. The summed E-state index contributed by atoms with van der Waals surface area (Å²) in [5, 5.41) is 6.62. The molecule has 0 radical (unpaired) electrons. The molecule has 0 fully saturated rings. The van der Waals surface area contributed by atoms with Crippen LogP contribution in [0.25, 0.3) is 11.5 Å². The average Bonchev–Trinajstić information content (AvgIpc) is 2.70. The Balaban J connectivity index is 2.51. The van der Waals surface area contributed by atoms with Crippen LogP contribution >= 0.6 is 0 Å². The number of aromatic nitrogens is 2. The van der Waals surface area contributed by atoms with Crippen molar-refractivity contribution in [3.8, 4) is 11.5 Å². The highest BCUT2D eigenvalue weighted by molar-refractivity contribution is 5.71. The van der Waals surface area contributed by atoms with Gasteiger partial charge in [0.2, 0.25) is 0 Å². The number of rotatable bonds is 2. The van der Waals surface area contributed by atoms with Crippen LogP contribution in [0.3, 0.4) is 0 Å². The zero-order valence-corrected chi connectivity index (χ0v) is 7.19. The van der Waals surface area contributed by atoms with Crippen LogP contribution in [0.5, 0.6) is 0 Å². The molecule has 0 spiro atoms. The molecule has 0 saturated carbocycles. The van der Waals surface area contributed by atoms with Crippen molar-refractivity contribution >= 4 is 5.69 Å². The van der Waals surface area contributed by atoms with E-state index >= 15 is 0 Å². The Morgan fingerprint density at radius 3 is 2.85 bits per heavy atom. The lowest BCUT2D eigenvalue weighted by molar-refractivity contribution is 0.430. The molecule has 0 saturated heterocycles. The minimum Gasteiger partial charge on any atom is -0.387 e. The van der Waals surface area contributed by atoms with Gasteiger partial charge in [0.05, 0.1) is 5.56 Å². The smallest absolute Gasteiger partial charge is 0.259 e. The van der Waals surface area contributed by atoms with E-state index in [1.807, 2.05) is 31.3 Å². The molecule has 0 aliphatic carbocycles. The first-order valence-electron chi connectivity index (χ1n) is 3.95. The summed E-state index contributed by atoms with van der Waals surface area (Å²) in [5.41, 5.74) is 1.90. The summed E-state index contributed by atoms with van der Waals surface area (Å²) in [6.45, 7) is 0. The molecular formula is C9H9N3O. The minimum absolute atomic E-state index is 0.532. The fourth-order valence-electron chi connectivity index (χ4n) is 1.18. The van der Waals surface area contributed by atoms with Gasteiger partial charge < -0.3 is 9.84 Å². The van der Waals surface area contributed by atoms with Gasteiger partial charge in [-0.3, -0.25) is 0 Å². The molecule has 0 atom stereocenters. The third kappa shape index (κ3) is 1.38. The normalized spacial score (nSPS) is 9.92. The Morgan fingerprint density at radius 1 is 1.31 bits per heavy atom. The van der Waals surface area contributed by atoms with Gasteiger partial charge in [0.25, 0.3) is 5.89 Å². The summed E-state index contributed by atoms with van der Waals surface area (Å²) < 4.78 is 4.96. The molecule has 13 heavy (non-hydrogen) atoms. The Morgan fingerprint density at radius 2 is 2.15 bits per heavy atom. The molecule has 0 aliphatic heterocycles. The summed E-state index contributed by atoms with van der Waals surface area (Å²) in [6, 6.07) is 7.77. The summed E-state index contributed by atoms with van der Waals surface area (Å²) in [6.07, 6.45) is 1.39. The molecule has 4 nitrogen and oxygen atoms in total. The van der Waals surface area contributed by atoms with Gasteiger partial charge in [-0.2, -0.15) is 4.98 Å². The number of benzene rings is 1. The zero-order chi connectivity index (χ0) is 9.10. The van der Waals surface area contributed by atoms with Gasteiger partial charge in [-0.1, -0.05) is 17.3 Å². The van der Waals surface area contributed by atoms with Crippen molar-refractivity contribution in [2.75, 3.05) is 12.4 Å². The highest BCUT2D eigenvalue weighted by Gasteiger charge is 2.06. The highest BCUT2D eigenvalue weighted by Crippen LogP contribution is 2.24. The fourth-order valence-corrected chi connectivity index (χ4v) is 1.18. The number of nitrogens with one attached hydrogen (secondary N) is 1. The lowest BCUT2D eigenvalue weighted by Crippen LogP contribution is -1.90. The van der Waals surface area contributed by atoms with Crippen LogP contribution in [0.4, 0.5) is 5.69 Å². The molecule has 0 amide bonds. The summed E-state index contributed by atoms with van der Waals surface area (Å²) in [4.78, 5) is 3.98. The third-order valence-electron chi connectivity index (χ3n) is 1.79. The van der Waals surface area contributed by atoms with Crippen molar-refractivity contribution < 1.29 is 4.52 Å². The van der Waals surface area contributed by atoms with Crippen LogP contribution in [0.2, 0.25) is 0 Å². The average molecular weight is 175 g/mol. The van der Waals surface area contributed by atoms with Crippen LogP contribution < -0.4 is 5.32 Å². The van der Waals surface area contributed by atoms with E-state index in [2.05, 4.69) is 15.5 Å². The standard InChI is InChI=1S/C9H9N3O/c1-10-8-5-3-2-4-7(8)9-11-6-12-13-9/h2-6,10H,1H3. The van der Waals surface area contributed by atoms with Gasteiger partial charge in [0, 0.05) is 12.7 Å². The number of nitrogens with zero attached hydrogens (tertiary/aromatic N) is 2. The first kappa shape index (κ1) is 7.79. The molecular weight excluding hydrogens is 166 g/mol. The molecule has 0 unspecified atom stereocenters. The topological polar surface area (TPSA) is 51.0 Å². The second-order valence-electron chi connectivity index (χ2n) is 2.54. The van der Waals surface area contributed by atoms with Crippen LogP contribution in [0.1, 0.15) is 0 Å². The number of para-hydroxylation sites is 1. The van der Waals surface area contributed by atoms with E-state index in [4.69, 9.17) is 4.52 Å². The number of hydrogen-bond acceptors (Lipinski definition) is 4. The lowest BCUT2D eigenvalue weighted by atomic mass is 10.2. The van der Waals surface area contributed by atoms with Gasteiger partial charge >= 0.3 is 0 Å². The van der Waals surface area contributed by atoms with Crippen LogP contribution in [-0.4, -0.2) is 17.2 Å². The van der Waals surface area contributed by atoms with Crippen LogP contribution in [0.15, 0.2) is 35.1 Å². The summed E-state index contributed by atoms with van der Waals surface area (Å²) >= 11 is 0. The Hall–Kier alpha value is -1.84. The maximum atomic E-state index is 4.96. The van der Waals surface area contributed by atoms with E-state index in [1.165, 1.54) is 6.33 Å². The molecule has 66 valence electrons. The van der Waals surface area contributed by atoms with Gasteiger partial charge in [-0.05, 0) is 12.1 Å². The van der Waals surface area contributed by atoms with E-state index in [0.29, 0.717) is 5.89 Å². The molecule has 0 aliphatic rings. The molecule has 2 rings (SSSR count). The molecule has 1 aromatic carbocycles. The summed E-state index contributed by atoms with van der Waals surface area (Å²) in [5.74, 6) is 0.532. The van der Waals surface area contributed by atoms with E-state index in [0.717, 1.165) is 11.3 Å². The van der Waals surface area contributed by atoms with Crippen LogP contribution in [0, 0.1) is 0 Å². The van der Waals surface area contributed by atoms with Crippen molar-refractivity contribution in [1.82, 2.24) is 10.1 Å². The Bertz CT molecular complexity index is 384. The predicted octanol–water partition coefficient (Wildman–Crippen LogP) is 1.78. The number of anilines is 1. The Labute approximate surface area is 75.6 Å². The van der Waals surface area contributed by atoms with E-state index in [-0.39, 0.29) is 0 Å². The molecule has 0 bridgehead atoms. The van der Waals surface area contributed by atoms with Crippen molar-refractivity contribution in [1.29, 1.82) is 0 Å². The lowest BCUT2D eigenvalue weighted by Gasteiger charge is -2.03. The molecule has 1 N–H and O–H groups in total. The van der Waals surface area contributed by atoms with Crippen LogP contribution in [-0.2, 0) is 0 Å². The first-order valence-corrected chi connectivity index (χ1v) is 3.95. The Kier molecular flexibility index (Phi) is 1.96.